The second kappa shape index (κ2) is 5.54. The molecule has 0 bridgehead atoms. The van der Waals surface area contributed by atoms with Gasteiger partial charge in [-0.25, -0.2) is 4.39 Å². The van der Waals surface area contributed by atoms with Crippen molar-refractivity contribution in [3.63, 3.8) is 0 Å². The van der Waals surface area contributed by atoms with Crippen molar-refractivity contribution in [1.29, 1.82) is 5.41 Å². The molecule has 2 atom stereocenters. The van der Waals surface area contributed by atoms with Gasteiger partial charge >= 0.3 is 0 Å². The van der Waals surface area contributed by atoms with Gasteiger partial charge in [0.15, 0.2) is 0 Å². The van der Waals surface area contributed by atoms with Crippen molar-refractivity contribution in [3.05, 3.63) is 29.6 Å². The first kappa shape index (κ1) is 13.8. The third kappa shape index (κ3) is 3.02. The van der Waals surface area contributed by atoms with E-state index in [0.717, 1.165) is 0 Å². The second-order valence-corrected chi connectivity index (χ2v) is 4.74. The average molecular weight is 267 g/mol. The summed E-state index contributed by atoms with van der Waals surface area (Å²) in [4.78, 5) is 1.84. The van der Waals surface area contributed by atoms with E-state index in [1.807, 2.05) is 11.8 Å². The highest BCUT2D eigenvalue weighted by atomic mass is 19.1. The van der Waals surface area contributed by atoms with Gasteiger partial charge in [0.25, 0.3) is 0 Å². The number of ether oxygens (including phenoxy) is 1. The van der Waals surface area contributed by atoms with Crippen molar-refractivity contribution in [2.45, 2.75) is 19.1 Å². The number of amidine groups is 1. The van der Waals surface area contributed by atoms with Gasteiger partial charge in [-0.1, -0.05) is 0 Å². The summed E-state index contributed by atoms with van der Waals surface area (Å²) < 4.78 is 19.6. The van der Waals surface area contributed by atoms with Crippen molar-refractivity contribution >= 4 is 11.5 Å². The van der Waals surface area contributed by atoms with E-state index in [-0.39, 0.29) is 24.7 Å². The van der Waals surface area contributed by atoms with Crippen molar-refractivity contribution in [3.8, 4) is 0 Å². The first-order valence-electron chi connectivity index (χ1n) is 6.16. The molecule has 19 heavy (non-hydrogen) atoms. The maximum Gasteiger partial charge on any atom is 0.147 e. The molecule has 0 aliphatic carbocycles. The lowest BCUT2D eigenvalue weighted by atomic mass is 10.1. The van der Waals surface area contributed by atoms with Crippen LogP contribution < -0.4 is 10.6 Å². The summed E-state index contributed by atoms with van der Waals surface area (Å²) in [5.74, 6) is -0.576. The third-order valence-corrected chi connectivity index (χ3v) is 3.13. The molecule has 2 unspecified atom stereocenters. The molecule has 1 aromatic rings. The van der Waals surface area contributed by atoms with Gasteiger partial charge in [-0.05, 0) is 25.1 Å². The van der Waals surface area contributed by atoms with Crippen LogP contribution in [-0.4, -0.2) is 42.8 Å². The van der Waals surface area contributed by atoms with E-state index < -0.39 is 5.82 Å². The smallest absolute Gasteiger partial charge is 0.147 e. The highest BCUT2D eigenvalue weighted by Crippen LogP contribution is 2.24. The zero-order chi connectivity index (χ0) is 14.0. The largest absolute Gasteiger partial charge is 0.394 e. The van der Waals surface area contributed by atoms with Crippen molar-refractivity contribution in [2.75, 3.05) is 24.6 Å². The number of benzene rings is 1. The summed E-state index contributed by atoms with van der Waals surface area (Å²) in [6.45, 7) is 2.80. The van der Waals surface area contributed by atoms with Crippen LogP contribution in [0.1, 0.15) is 12.5 Å². The Morgan fingerprint density at radius 3 is 2.89 bits per heavy atom. The summed E-state index contributed by atoms with van der Waals surface area (Å²) >= 11 is 0. The molecule has 104 valence electrons. The first-order valence-corrected chi connectivity index (χ1v) is 6.16. The van der Waals surface area contributed by atoms with Crippen LogP contribution in [0.15, 0.2) is 18.2 Å². The highest BCUT2D eigenvalue weighted by molar-refractivity contribution is 5.95. The van der Waals surface area contributed by atoms with E-state index in [4.69, 9.17) is 21.0 Å². The number of nitrogens with one attached hydrogen (secondary N) is 1. The first-order chi connectivity index (χ1) is 9.01. The summed E-state index contributed by atoms with van der Waals surface area (Å²) in [6.07, 6.45) is -0.381. The Morgan fingerprint density at radius 1 is 1.58 bits per heavy atom. The number of aliphatic hydroxyl groups excluding tert-OH is 1. The van der Waals surface area contributed by atoms with E-state index in [2.05, 4.69) is 0 Å². The number of anilines is 1. The van der Waals surface area contributed by atoms with Gasteiger partial charge < -0.3 is 20.5 Å². The van der Waals surface area contributed by atoms with E-state index >= 15 is 0 Å². The Balaban J connectivity index is 2.23. The Hall–Kier alpha value is -1.66. The topological polar surface area (TPSA) is 82.6 Å². The zero-order valence-corrected chi connectivity index (χ0v) is 10.8. The molecule has 2 rings (SSSR count). The molecule has 0 spiro atoms. The van der Waals surface area contributed by atoms with Crippen LogP contribution in [0.5, 0.6) is 0 Å². The number of nitrogens with zero attached hydrogens (tertiary/aromatic N) is 1. The number of aliphatic hydroxyl groups is 1. The Kier molecular flexibility index (Phi) is 4.01. The summed E-state index contributed by atoms with van der Waals surface area (Å²) in [5.41, 5.74) is 6.13. The van der Waals surface area contributed by atoms with Gasteiger partial charge in [0.1, 0.15) is 11.7 Å². The van der Waals surface area contributed by atoms with Gasteiger partial charge in [-0.15, -0.1) is 0 Å². The minimum atomic E-state index is -0.418. The van der Waals surface area contributed by atoms with Crippen LogP contribution in [0.2, 0.25) is 0 Å². The number of nitrogen functional groups attached to an aromatic ring is 1. The van der Waals surface area contributed by atoms with Gasteiger partial charge in [-0.2, -0.15) is 0 Å². The molecule has 1 aliphatic rings. The monoisotopic (exact) mass is 267 g/mol. The van der Waals surface area contributed by atoms with Gasteiger partial charge in [0, 0.05) is 18.7 Å². The molecule has 1 saturated heterocycles. The summed E-state index contributed by atoms with van der Waals surface area (Å²) in [5, 5.41) is 16.5. The second-order valence-electron chi connectivity index (χ2n) is 4.74. The van der Waals surface area contributed by atoms with Gasteiger partial charge in [0.05, 0.1) is 24.5 Å². The lowest BCUT2D eigenvalue weighted by molar-refractivity contribution is -0.0422. The van der Waals surface area contributed by atoms with Crippen LogP contribution in [0.3, 0.4) is 0 Å². The molecule has 5 nitrogen and oxygen atoms in total. The minimum absolute atomic E-state index is 0.0715. The summed E-state index contributed by atoms with van der Waals surface area (Å²) in [7, 11) is 0. The van der Waals surface area contributed by atoms with Crippen molar-refractivity contribution in [2.24, 2.45) is 5.73 Å². The number of hydrogen-bond acceptors (Lipinski definition) is 4. The van der Waals surface area contributed by atoms with Crippen LogP contribution in [0.4, 0.5) is 10.1 Å². The fourth-order valence-electron chi connectivity index (χ4n) is 2.27. The number of halogens is 1. The van der Waals surface area contributed by atoms with Gasteiger partial charge in [0.2, 0.25) is 0 Å². The Labute approximate surface area is 111 Å². The van der Waals surface area contributed by atoms with E-state index in [0.29, 0.717) is 24.3 Å². The number of nitrogens with two attached hydrogens (primary N) is 1. The predicted molar refractivity (Wildman–Crippen MR) is 71.0 cm³/mol. The van der Waals surface area contributed by atoms with E-state index in [9.17, 15) is 4.39 Å². The molecule has 0 aromatic heterocycles. The van der Waals surface area contributed by atoms with E-state index in [1.54, 1.807) is 12.1 Å². The molecule has 1 heterocycles. The molecular weight excluding hydrogens is 249 g/mol. The zero-order valence-electron chi connectivity index (χ0n) is 10.8. The van der Waals surface area contributed by atoms with Crippen LogP contribution >= 0.6 is 0 Å². The van der Waals surface area contributed by atoms with Crippen LogP contribution in [-0.2, 0) is 4.74 Å². The molecule has 6 heteroatoms. The lowest BCUT2D eigenvalue weighted by Gasteiger charge is -2.37. The summed E-state index contributed by atoms with van der Waals surface area (Å²) in [6, 6.07) is 4.49. The Bertz CT molecular complexity index is 481. The van der Waals surface area contributed by atoms with E-state index in [1.165, 1.54) is 6.07 Å². The predicted octanol–water partition coefficient (Wildman–Crippen LogP) is 0.696. The molecule has 1 aliphatic heterocycles. The highest BCUT2D eigenvalue weighted by Gasteiger charge is 2.26. The standard InChI is InChI=1S/C13H18FN3O2/c1-8-5-17(6-10(7-18)19-8)12-3-2-9(13(15)16)4-11(12)14/h2-4,8,10,18H,5-7H2,1H3,(H3,15,16). The minimum Gasteiger partial charge on any atom is -0.394 e. The molecule has 1 aromatic carbocycles. The maximum atomic E-state index is 14.1. The average Bonchev–Trinajstić information content (AvgIpc) is 2.37. The molecule has 0 radical (unpaired) electrons. The van der Waals surface area contributed by atoms with Crippen molar-refractivity contribution < 1.29 is 14.2 Å². The number of rotatable bonds is 3. The molecule has 0 amide bonds. The quantitative estimate of drug-likeness (QED) is 0.556. The fraction of sp³-hybridized carbons (Fsp3) is 0.462. The lowest BCUT2D eigenvalue weighted by Crippen LogP contribution is -2.48. The normalized spacial score (nSPS) is 23.4. The molecule has 1 fully saturated rings. The SMILES string of the molecule is CC1CN(c2ccc(C(=N)N)cc2F)CC(CO)O1. The third-order valence-electron chi connectivity index (χ3n) is 3.13. The molecular formula is C13H18FN3O2. The maximum absolute atomic E-state index is 14.1. The van der Waals surface area contributed by atoms with Crippen LogP contribution in [0, 0.1) is 11.2 Å². The number of hydrogen-bond donors (Lipinski definition) is 3. The molecule has 0 saturated carbocycles. The van der Waals surface area contributed by atoms with Gasteiger partial charge in [-0.3, -0.25) is 5.41 Å². The molecule has 4 N–H and O–H groups in total. The van der Waals surface area contributed by atoms with Crippen LogP contribution in [0.25, 0.3) is 0 Å². The Morgan fingerprint density at radius 2 is 2.32 bits per heavy atom. The number of morpholine rings is 1. The fourth-order valence-corrected chi connectivity index (χ4v) is 2.27. The van der Waals surface area contributed by atoms with Crippen molar-refractivity contribution in [1.82, 2.24) is 0 Å².